The van der Waals surface area contributed by atoms with Crippen molar-refractivity contribution in [1.82, 2.24) is 9.47 Å². The van der Waals surface area contributed by atoms with Gasteiger partial charge in [0.05, 0.1) is 23.1 Å². The average molecular weight is 698 g/mol. The molecule has 240 valence electrons. The Morgan fingerprint density at radius 2 is 1.84 bits per heavy atom. The largest absolute Gasteiger partial charge is 0.497 e. The van der Waals surface area contributed by atoms with Crippen molar-refractivity contribution in [3.05, 3.63) is 61.4 Å². The van der Waals surface area contributed by atoms with Gasteiger partial charge in [-0.3, -0.25) is 33.2 Å². The lowest BCUT2D eigenvalue weighted by atomic mass is 10.1. The van der Waals surface area contributed by atoms with Gasteiger partial charge in [0.2, 0.25) is 5.88 Å². The molecule has 1 fully saturated rings. The zero-order valence-corrected chi connectivity index (χ0v) is 27.1. The van der Waals surface area contributed by atoms with Gasteiger partial charge in [-0.05, 0) is 31.1 Å². The second kappa shape index (κ2) is 14.0. The zero-order valence-electron chi connectivity index (χ0n) is 23.8. The fourth-order valence-corrected chi connectivity index (χ4v) is 7.39. The van der Waals surface area contributed by atoms with Crippen LogP contribution in [-0.2, 0) is 31.0 Å². The van der Waals surface area contributed by atoms with Crippen molar-refractivity contribution in [2.24, 2.45) is 0 Å². The summed E-state index contributed by atoms with van der Waals surface area (Å²) < 4.78 is 44.4. The van der Waals surface area contributed by atoms with Crippen molar-refractivity contribution in [1.29, 1.82) is 0 Å². The number of benzene rings is 1. The number of thiocarbonyl (C=S) groups is 1. The summed E-state index contributed by atoms with van der Waals surface area (Å²) in [4.78, 5) is 51.5. The van der Waals surface area contributed by atoms with Crippen LogP contribution in [0.25, 0.3) is 11.0 Å². The van der Waals surface area contributed by atoms with E-state index < -0.39 is 52.4 Å². The normalized spacial score (nSPS) is 17.7. The highest BCUT2D eigenvalue weighted by Crippen LogP contribution is 2.42. The Balaban J connectivity index is 1.76. The number of allylic oxidation sites excluding steroid dienone is 3. The number of hydrogen-bond donors (Lipinski definition) is 3. The minimum absolute atomic E-state index is 0.0268. The van der Waals surface area contributed by atoms with Crippen LogP contribution in [-0.4, -0.2) is 80.8 Å². The summed E-state index contributed by atoms with van der Waals surface area (Å²) in [5.41, 5.74) is 0.634. The van der Waals surface area contributed by atoms with Crippen molar-refractivity contribution >= 4 is 84.3 Å². The van der Waals surface area contributed by atoms with Crippen molar-refractivity contribution in [2.75, 3.05) is 30.9 Å². The number of amides is 1. The summed E-state index contributed by atoms with van der Waals surface area (Å²) in [6, 6.07) is 5.16. The third-order valence-corrected chi connectivity index (χ3v) is 9.95. The molecule has 1 aromatic heterocycles. The van der Waals surface area contributed by atoms with Gasteiger partial charge in [-0.15, -0.1) is 11.3 Å². The van der Waals surface area contributed by atoms with Crippen LogP contribution in [0.4, 0.5) is 5.69 Å². The number of nitrogens with zero attached hydrogens (tertiary/aromatic N) is 3. The number of anilines is 1. The van der Waals surface area contributed by atoms with Crippen LogP contribution in [0.1, 0.15) is 19.8 Å². The molecule has 0 saturated carbocycles. The number of carboxylic acids is 2. The zero-order chi connectivity index (χ0) is 33.1. The number of thioether (sulfide) groups is 1. The number of fused-ring (bicyclic) bond motifs is 1. The van der Waals surface area contributed by atoms with E-state index in [1.165, 1.54) is 13.2 Å². The maximum Gasteiger partial charge on any atom is 0.323 e. The van der Waals surface area contributed by atoms with Crippen LogP contribution in [0.2, 0.25) is 0 Å². The number of carbonyl (C=O) groups is 3. The van der Waals surface area contributed by atoms with E-state index in [0.717, 1.165) is 32.6 Å². The SMILES string of the molecule is CCC(C=CC=c1s/c(=C2/SC(=S)N(CC(=O)O)C2=O)n(CC(=O)O)c1=O)=C1Oc2ccc(OC)cc2N1CCCS(=O)(=O)O. The first-order valence-corrected chi connectivity index (χ1v) is 16.8. The molecule has 2 aliphatic heterocycles. The Labute approximate surface area is 269 Å². The number of thiazole rings is 1. The summed E-state index contributed by atoms with van der Waals surface area (Å²) in [6.07, 6.45) is 5.25. The topological polar surface area (TPSA) is 193 Å². The van der Waals surface area contributed by atoms with Gasteiger partial charge in [0.15, 0.2) is 5.75 Å². The molecular weight excluding hydrogens is 671 g/mol. The van der Waals surface area contributed by atoms with E-state index >= 15 is 0 Å². The van der Waals surface area contributed by atoms with Gasteiger partial charge in [0.25, 0.3) is 21.6 Å². The first kappa shape index (κ1) is 33.9. The van der Waals surface area contributed by atoms with Crippen LogP contribution >= 0.6 is 35.3 Å². The number of carbonyl (C=O) groups excluding carboxylic acids is 1. The molecule has 1 saturated heterocycles. The summed E-state index contributed by atoms with van der Waals surface area (Å²) in [6.45, 7) is 0.647. The molecule has 3 N–H and O–H groups in total. The highest BCUT2D eigenvalue weighted by atomic mass is 32.2. The standard InChI is InChI=1S/C27H27N3O11S4/c1-3-15(25-28(10-5-11-45(37,38)39)17-12-16(40-2)8-9-18(17)41-25)6-4-7-19-23(35)29(13-20(31)32)26(43-19)22-24(36)30(14-21(33)34)27(42)44-22/h4,6-9,12H,3,5,10-11,13-14H2,1-2H3,(H,31,32)(H,33,34)(H,37,38,39)/b6-4?,19-7?,25-15?,26-22+. The number of aromatic nitrogens is 1. The maximum absolute atomic E-state index is 13.2. The van der Waals surface area contributed by atoms with E-state index in [2.05, 4.69) is 0 Å². The van der Waals surface area contributed by atoms with E-state index in [9.17, 15) is 37.3 Å². The van der Waals surface area contributed by atoms with Gasteiger partial charge < -0.3 is 24.6 Å². The summed E-state index contributed by atoms with van der Waals surface area (Å²) in [5.74, 6) is -2.33. The van der Waals surface area contributed by atoms with Gasteiger partial charge in [0, 0.05) is 18.2 Å². The second-order valence-electron chi connectivity index (χ2n) is 9.48. The van der Waals surface area contributed by atoms with Gasteiger partial charge in [-0.1, -0.05) is 43.1 Å². The Hall–Kier alpha value is -3.97. The van der Waals surface area contributed by atoms with Gasteiger partial charge in [0.1, 0.15) is 32.7 Å². The molecule has 18 heteroatoms. The molecule has 45 heavy (non-hydrogen) atoms. The van der Waals surface area contributed by atoms with E-state index in [4.69, 9.17) is 26.8 Å². The number of ether oxygens (including phenoxy) is 2. The molecule has 0 atom stereocenters. The molecule has 0 bridgehead atoms. The van der Waals surface area contributed by atoms with Crippen LogP contribution in [0.3, 0.4) is 0 Å². The van der Waals surface area contributed by atoms with Gasteiger partial charge >= 0.3 is 11.9 Å². The predicted octanol–water partition coefficient (Wildman–Crippen LogP) is 1.19. The molecule has 2 aromatic rings. The third-order valence-electron chi connectivity index (χ3n) is 6.43. The van der Waals surface area contributed by atoms with Crippen LogP contribution < -0.4 is 29.1 Å². The Morgan fingerprint density at radius 3 is 2.47 bits per heavy atom. The first-order chi connectivity index (χ1) is 21.2. The van der Waals surface area contributed by atoms with Crippen molar-refractivity contribution in [2.45, 2.75) is 26.3 Å². The highest BCUT2D eigenvalue weighted by Gasteiger charge is 2.35. The summed E-state index contributed by atoms with van der Waals surface area (Å²) in [5, 5.41) is 18.5. The minimum Gasteiger partial charge on any atom is -0.497 e. The Bertz CT molecular complexity index is 1930. The molecule has 2 aliphatic rings. The monoisotopic (exact) mass is 697 g/mol. The number of rotatable bonds is 12. The summed E-state index contributed by atoms with van der Waals surface area (Å²) in [7, 11) is -2.68. The number of hydrogen-bond acceptors (Lipinski definition) is 12. The number of methoxy groups -OCH3 is 1. The molecule has 1 amide bonds. The highest BCUT2D eigenvalue weighted by molar-refractivity contribution is 8.30. The van der Waals surface area contributed by atoms with E-state index in [-0.39, 0.29) is 31.4 Å². The molecule has 0 radical (unpaired) electrons. The lowest BCUT2D eigenvalue weighted by molar-refractivity contribution is -0.140. The van der Waals surface area contributed by atoms with Crippen LogP contribution in [0.5, 0.6) is 11.5 Å². The second-order valence-corrected chi connectivity index (χ2v) is 13.7. The predicted molar refractivity (Wildman–Crippen MR) is 171 cm³/mol. The number of carboxylic acid groups (broad SMARTS) is 2. The van der Waals surface area contributed by atoms with Crippen molar-refractivity contribution in [3.63, 3.8) is 0 Å². The Kier molecular flexibility index (Phi) is 10.5. The van der Waals surface area contributed by atoms with Gasteiger partial charge in [-0.25, -0.2) is 0 Å². The average Bonchev–Trinajstić information content (AvgIpc) is 3.57. The molecule has 4 rings (SSSR count). The van der Waals surface area contributed by atoms with E-state index in [0.29, 0.717) is 35.1 Å². The smallest absolute Gasteiger partial charge is 0.323 e. The van der Waals surface area contributed by atoms with Crippen molar-refractivity contribution < 1.29 is 47.0 Å². The van der Waals surface area contributed by atoms with E-state index in [1.54, 1.807) is 35.3 Å². The van der Waals surface area contributed by atoms with Crippen molar-refractivity contribution in [3.8, 4) is 11.5 Å². The maximum atomic E-state index is 13.2. The lowest BCUT2D eigenvalue weighted by Gasteiger charge is -2.20. The number of aliphatic carboxylic acids is 2. The lowest BCUT2D eigenvalue weighted by Crippen LogP contribution is -2.36. The van der Waals surface area contributed by atoms with E-state index in [1.807, 2.05) is 6.92 Å². The summed E-state index contributed by atoms with van der Waals surface area (Å²) >= 11 is 6.79. The third kappa shape index (κ3) is 7.82. The quantitative estimate of drug-likeness (QED) is 0.212. The Morgan fingerprint density at radius 1 is 1.13 bits per heavy atom. The molecule has 3 heterocycles. The molecule has 0 unspecified atom stereocenters. The fraction of sp³-hybridized carbons (Fsp3) is 0.296. The molecule has 0 spiro atoms. The van der Waals surface area contributed by atoms with Gasteiger partial charge in [-0.2, -0.15) is 8.42 Å². The van der Waals surface area contributed by atoms with Crippen LogP contribution in [0.15, 0.2) is 46.6 Å². The van der Waals surface area contributed by atoms with Crippen LogP contribution in [0, 0.1) is 0 Å². The molecule has 0 aliphatic carbocycles. The molecular formula is C27H27N3O11S4. The fourth-order valence-electron chi connectivity index (χ4n) is 4.43. The first-order valence-electron chi connectivity index (χ1n) is 13.1. The molecule has 14 nitrogen and oxygen atoms in total. The minimum atomic E-state index is -4.18. The molecule has 1 aromatic carbocycles.